The molecule has 0 rings (SSSR count). The summed E-state index contributed by atoms with van der Waals surface area (Å²) in [6.45, 7) is 4.96. The molecule has 0 spiro atoms. The zero-order valence-electron chi connectivity index (χ0n) is 51.1. The Morgan fingerprint density at radius 2 is 0.627 bits per heavy atom. The molecule has 0 aliphatic rings. The summed E-state index contributed by atoms with van der Waals surface area (Å²) in [4.78, 5) is 24.6. The fraction of sp³-hybridized carbons (Fsp3) is 0.942. The number of esters is 1. The first-order valence-corrected chi connectivity index (χ1v) is 34.4. The molecule has 0 aliphatic carbocycles. The smallest absolute Gasteiger partial charge is 0.305 e. The number of aliphatic hydroxyl groups is 2. The van der Waals surface area contributed by atoms with Crippen LogP contribution >= 0.6 is 0 Å². The number of hydrogen-bond donors (Lipinski definition) is 3. The van der Waals surface area contributed by atoms with Gasteiger partial charge < -0.3 is 20.3 Å². The van der Waals surface area contributed by atoms with Crippen LogP contribution in [-0.2, 0) is 14.3 Å². The van der Waals surface area contributed by atoms with Gasteiger partial charge in [0.15, 0.2) is 0 Å². The first-order chi connectivity index (χ1) is 37.0. The summed E-state index contributed by atoms with van der Waals surface area (Å²) < 4.78 is 5.49. The highest BCUT2D eigenvalue weighted by Crippen LogP contribution is 2.19. The zero-order valence-corrected chi connectivity index (χ0v) is 51.1. The number of allylic oxidation sites excluding steroid dienone is 2. The molecule has 0 saturated heterocycles. The minimum Gasteiger partial charge on any atom is -0.466 e. The summed E-state index contributed by atoms with van der Waals surface area (Å²) >= 11 is 0. The van der Waals surface area contributed by atoms with Crippen molar-refractivity contribution in [3.8, 4) is 0 Å². The van der Waals surface area contributed by atoms with Crippen molar-refractivity contribution >= 4 is 11.9 Å². The van der Waals surface area contributed by atoms with Gasteiger partial charge in [0.2, 0.25) is 5.91 Å². The third kappa shape index (κ3) is 61.7. The van der Waals surface area contributed by atoms with E-state index in [1.165, 1.54) is 289 Å². The molecule has 0 aromatic carbocycles. The average Bonchev–Trinajstić information content (AvgIpc) is 3.41. The maximum absolute atomic E-state index is 12.5. The van der Waals surface area contributed by atoms with E-state index >= 15 is 0 Å². The molecule has 6 nitrogen and oxygen atoms in total. The molecular weight excluding hydrogens is 923 g/mol. The van der Waals surface area contributed by atoms with E-state index in [1.807, 2.05) is 0 Å². The van der Waals surface area contributed by atoms with E-state index in [1.54, 1.807) is 0 Å². The highest BCUT2D eigenvalue weighted by molar-refractivity contribution is 5.76. The maximum Gasteiger partial charge on any atom is 0.305 e. The van der Waals surface area contributed by atoms with Crippen molar-refractivity contribution in [3.05, 3.63) is 12.2 Å². The van der Waals surface area contributed by atoms with Crippen LogP contribution in [0.3, 0.4) is 0 Å². The number of carbonyl (C=O) groups is 2. The van der Waals surface area contributed by atoms with Crippen molar-refractivity contribution in [2.75, 3.05) is 13.2 Å². The van der Waals surface area contributed by atoms with E-state index in [2.05, 4.69) is 31.3 Å². The predicted octanol–water partition coefficient (Wildman–Crippen LogP) is 22.0. The topological polar surface area (TPSA) is 95.9 Å². The quantitative estimate of drug-likeness (QED) is 0.0320. The number of hydrogen-bond acceptors (Lipinski definition) is 5. The van der Waals surface area contributed by atoms with E-state index in [9.17, 15) is 19.8 Å². The van der Waals surface area contributed by atoms with Crippen molar-refractivity contribution in [1.29, 1.82) is 0 Å². The molecule has 0 aromatic rings. The van der Waals surface area contributed by atoms with Crippen LogP contribution in [0.1, 0.15) is 393 Å². The molecule has 75 heavy (non-hydrogen) atoms. The second-order valence-electron chi connectivity index (χ2n) is 23.9. The number of nitrogens with one attached hydrogen (secondary N) is 1. The van der Waals surface area contributed by atoms with Crippen molar-refractivity contribution in [1.82, 2.24) is 5.32 Å². The van der Waals surface area contributed by atoms with Gasteiger partial charge in [-0.2, -0.15) is 0 Å². The molecule has 446 valence electrons. The highest BCUT2D eigenvalue weighted by atomic mass is 16.5. The molecule has 0 aliphatic heterocycles. The van der Waals surface area contributed by atoms with Gasteiger partial charge in [-0.15, -0.1) is 0 Å². The Bertz CT molecular complexity index is 1130. The van der Waals surface area contributed by atoms with Gasteiger partial charge in [-0.3, -0.25) is 9.59 Å². The van der Waals surface area contributed by atoms with Crippen molar-refractivity contribution in [2.45, 2.75) is 405 Å². The van der Waals surface area contributed by atoms with Crippen molar-refractivity contribution in [3.63, 3.8) is 0 Å². The molecular formula is C69H135NO5. The van der Waals surface area contributed by atoms with Gasteiger partial charge in [0.1, 0.15) is 0 Å². The summed E-state index contributed by atoms with van der Waals surface area (Å²) in [6.07, 6.45) is 79.6. The molecule has 2 atom stereocenters. The lowest BCUT2D eigenvalue weighted by molar-refractivity contribution is -0.143. The fourth-order valence-electron chi connectivity index (χ4n) is 11.1. The highest BCUT2D eigenvalue weighted by Gasteiger charge is 2.20. The Kier molecular flexibility index (Phi) is 63.9. The standard InChI is InChI=1S/C69H135NO5/c1-3-5-7-9-11-13-15-17-19-21-23-24-25-26-27-28-29-30-33-37-41-45-49-53-57-61-67(72)66(65-71)70-68(73)62-58-54-50-46-42-38-34-32-36-40-44-48-52-56-60-64-75-69(74)63-59-55-51-47-43-39-35-31-22-20-18-16-14-12-10-8-6-4-2/h36,40,66-67,71-72H,3-35,37-39,41-65H2,1-2H3,(H,70,73)/b40-36-. The van der Waals surface area contributed by atoms with Crippen molar-refractivity contribution < 1.29 is 24.5 Å². The summed E-state index contributed by atoms with van der Waals surface area (Å²) in [5.41, 5.74) is 0. The molecule has 0 radical (unpaired) electrons. The monoisotopic (exact) mass is 1060 g/mol. The molecule has 0 fully saturated rings. The molecule has 0 bridgehead atoms. The SMILES string of the molecule is CCCCCCCCCCCCCCCCCCCCCCCCCCCC(O)C(CO)NC(=O)CCCCCCCCC/C=C\CCCCCCOC(=O)CCCCCCCCCCCCCCCCCCCC. The molecule has 2 unspecified atom stereocenters. The normalized spacial score (nSPS) is 12.5. The van der Waals surface area contributed by atoms with Crippen LogP contribution in [-0.4, -0.2) is 47.4 Å². The Labute approximate surface area is 469 Å². The van der Waals surface area contributed by atoms with Gasteiger partial charge in [0, 0.05) is 12.8 Å². The Hall–Kier alpha value is -1.40. The third-order valence-electron chi connectivity index (χ3n) is 16.3. The summed E-state index contributed by atoms with van der Waals surface area (Å²) in [5, 5.41) is 23.4. The van der Waals surface area contributed by atoms with Gasteiger partial charge >= 0.3 is 5.97 Å². The third-order valence-corrected chi connectivity index (χ3v) is 16.3. The number of unbranched alkanes of at least 4 members (excludes halogenated alkanes) is 52. The van der Waals surface area contributed by atoms with Crippen LogP contribution in [0.5, 0.6) is 0 Å². The fourth-order valence-corrected chi connectivity index (χ4v) is 11.1. The number of amides is 1. The Balaban J connectivity index is 3.43. The van der Waals surface area contributed by atoms with Gasteiger partial charge in [-0.05, 0) is 51.4 Å². The predicted molar refractivity (Wildman–Crippen MR) is 329 cm³/mol. The number of ether oxygens (including phenoxy) is 1. The van der Waals surface area contributed by atoms with Crippen molar-refractivity contribution in [2.24, 2.45) is 0 Å². The van der Waals surface area contributed by atoms with Gasteiger partial charge in [-0.25, -0.2) is 0 Å². The molecule has 6 heteroatoms. The van der Waals surface area contributed by atoms with Gasteiger partial charge in [-0.1, -0.05) is 341 Å². The largest absolute Gasteiger partial charge is 0.466 e. The second kappa shape index (κ2) is 65.1. The first kappa shape index (κ1) is 73.6. The van der Waals surface area contributed by atoms with Crippen LogP contribution in [0.15, 0.2) is 12.2 Å². The number of carbonyl (C=O) groups excluding carboxylic acids is 2. The van der Waals surface area contributed by atoms with Crippen LogP contribution < -0.4 is 5.32 Å². The van der Waals surface area contributed by atoms with Gasteiger partial charge in [0.05, 0.1) is 25.4 Å². The Morgan fingerprint density at radius 3 is 0.947 bits per heavy atom. The Morgan fingerprint density at radius 1 is 0.360 bits per heavy atom. The minimum atomic E-state index is -0.675. The van der Waals surface area contributed by atoms with Crippen LogP contribution in [0, 0.1) is 0 Å². The van der Waals surface area contributed by atoms with Crippen LogP contribution in [0.4, 0.5) is 0 Å². The lowest BCUT2D eigenvalue weighted by Gasteiger charge is -2.22. The molecule has 3 N–H and O–H groups in total. The average molecular weight is 1060 g/mol. The van der Waals surface area contributed by atoms with E-state index in [0.717, 1.165) is 70.6 Å². The first-order valence-electron chi connectivity index (χ1n) is 34.4. The van der Waals surface area contributed by atoms with Crippen LogP contribution in [0.25, 0.3) is 0 Å². The molecule has 0 aromatic heterocycles. The van der Waals surface area contributed by atoms with E-state index in [0.29, 0.717) is 25.9 Å². The van der Waals surface area contributed by atoms with Crippen LogP contribution in [0.2, 0.25) is 0 Å². The summed E-state index contributed by atoms with van der Waals surface area (Å²) in [7, 11) is 0. The minimum absolute atomic E-state index is 0.00410. The lowest BCUT2D eigenvalue weighted by Crippen LogP contribution is -2.45. The summed E-state index contributed by atoms with van der Waals surface area (Å²) in [6, 6.07) is -0.554. The second-order valence-corrected chi connectivity index (χ2v) is 23.9. The van der Waals surface area contributed by atoms with E-state index in [4.69, 9.17) is 4.74 Å². The summed E-state index contributed by atoms with van der Waals surface area (Å²) in [5.74, 6) is -0.0490. The number of rotatable bonds is 65. The zero-order chi connectivity index (χ0) is 54.3. The van der Waals surface area contributed by atoms with E-state index < -0.39 is 12.1 Å². The molecule has 0 saturated carbocycles. The maximum atomic E-state index is 12.5. The molecule has 1 amide bonds. The van der Waals surface area contributed by atoms with Gasteiger partial charge in [0.25, 0.3) is 0 Å². The number of aliphatic hydroxyl groups excluding tert-OH is 2. The lowest BCUT2D eigenvalue weighted by atomic mass is 10.0. The molecule has 0 heterocycles. The van der Waals surface area contributed by atoms with E-state index in [-0.39, 0.29) is 18.5 Å².